The van der Waals surface area contributed by atoms with Crippen molar-refractivity contribution in [1.29, 1.82) is 0 Å². The molecule has 1 N–H and O–H groups in total. The van der Waals surface area contributed by atoms with E-state index in [0.29, 0.717) is 4.47 Å². The molecule has 0 spiro atoms. The van der Waals surface area contributed by atoms with Gasteiger partial charge < -0.3 is 5.32 Å². The number of carbonyl (C=O) groups excluding carboxylic acids is 1. The third-order valence-corrected chi connectivity index (χ3v) is 3.15. The van der Waals surface area contributed by atoms with Gasteiger partial charge in [0.15, 0.2) is 11.0 Å². The predicted octanol–water partition coefficient (Wildman–Crippen LogP) is 3.05. The van der Waals surface area contributed by atoms with Gasteiger partial charge in [-0.1, -0.05) is 11.6 Å². The summed E-state index contributed by atoms with van der Waals surface area (Å²) < 4.78 is 0.297. The van der Waals surface area contributed by atoms with Crippen LogP contribution in [0.4, 0.5) is 11.5 Å². The van der Waals surface area contributed by atoms with Gasteiger partial charge >= 0.3 is 0 Å². The summed E-state index contributed by atoms with van der Waals surface area (Å²) in [5.41, 5.74) is -0.0588. The van der Waals surface area contributed by atoms with E-state index in [1.807, 2.05) is 0 Å². The Balaban J connectivity index is 2.23. The van der Waals surface area contributed by atoms with E-state index < -0.39 is 10.8 Å². The summed E-state index contributed by atoms with van der Waals surface area (Å²) in [6, 6.07) is 6.99. The van der Waals surface area contributed by atoms with Crippen molar-refractivity contribution in [2.75, 3.05) is 5.32 Å². The van der Waals surface area contributed by atoms with Gasteiger partial charge in [0.05, 0.1) is 9.40 Å². The van der Waals surface area contributed by atoms with Gasteiger partial charge in [-0.25, -0.2) is 0 Å². The summed E-state index contributed by atoms with van der Waals surface area (Å²) in [5, 5.41) is 20.7. The summed E-state index contributed by atoms with van der Waals surface area (Å²) in [4.78, 5) is 22.2. The van der Waals surface area contributed by atoms with Crippen molar-refractivity contribution in [3.05, 3.63) is 55.6 Å². The molecule has 0 saturated carbocycles. The average Bonchev–Trinajstić information content (AvgIpc) is 2.41. The highest BCUT2D eigenvalue weighted by atomic mass is 79.9. The molecule has 0 unspecified atom stereocenters. The minimum Gasteiger partial charge on any atom is -0.305 e. The lowest BCUT2D eigenvalue weighted by molar-refractivity contribution is -0.385. The number of nitrogens with one attached hydrogen (secondary N) is 1. The molecule has 0 bridgehead atoms. The number of carbonyl (C=O) groups is 1. The minimum absolute atomic E-state index is 0.136. The van der Waals surface area contributed by atoms with Crippen molar-refractivity contribution in [3.63, 3.8) is 0 Å². The van der Waals surface area contributed by atoms with Crippen LogP contribution in [-0.2, 0) is 0 Å². The van der Waals surface area contributed by atoms with Gasteiger partial charge in [-0.3, -0.25) is 14.9 Å². The molecule has 2 rings (SSSR count). The second kappa shape index (κ2) is 5.93. The van der Waals surface area contributed by atoms with Crippen LogP contribution in [0.15, 0.2) is 34.8 Å². The number of aromatic nitrogens is 2. The van der Waals surface area contributed by atoms with E-state index in [1.54, 1.807) is 0 Å². The maximum absolute atomic E-state index is 11.9. The SMILES string of the molecule is O=C(Nc1ccc(Cl)nn1)c1ccc(Br)c([N+](=O)[O-])c1. The number of anilines is 1. The fourth-order valence-corrected chi connectivity index (χ4v) is 1.86. The van der Waals surface area contributed by atoms with Gasteiger partial charge in [0.2, 0.25) is 0 Å². The highest BCUT2D eigenvalue weighted by molar-refractivity contribution is 9.10. The highest BCUT2D eigenvalue weighted by Crippen LogP contribution is 2.25. The molecule has 1 aromatic carbocycles. The second-order valence-electron chi connectivity index (χ2n) is 3.62. The largest absolute Gasteiger partial charge is 0.305 e. The number of rotatable bonds is 3. The monoisotopic (exact) mass is 356 g/mol. The van der Waals surface area contributed by atoms with Crippen LogP contribution in [0, 0.1) is 10.1 Å². The zero-order valence-electron chi connectivity index (χ0n) is 9.71. The molecule has 0 aliphatic carbocycles. The van der Waals surface area contributed by atoms with Crippen molar-refractivity contribution < 1.29 is 9.72 Å². The quantitative estimate of drug-likeness (QED) is 0.672. The van der Waals surface area contributed by atoms with E-state index in [9.17, 15) is 14.9 Å². The van der Waals surface area contributed by atoms with Crippen LogP contribution >= 0.6 is 27.5 Å². The number of amides is 1. The molecule has 0 aliphatic rings. The van der Waals surface area contributed by atoms with Crippen molar-refractivity contribution in [1.82, 2.24) is 10.2 Å². The van der Waals surface area contributed by atoms with Crippen molar-refractivity contribution in [3.8, 4) is 0 Å². The van der Waals surface area contributed by atoms with E-state index in [-0.39, 0.29) is 22.2 Å². The third kappa shape index (κ3) is 3.28. The van der Waals surface area contributed by atoms with Gasteiger partial charge in [-0.15, -0.1) is 10.2 Å². The lowest BCUT2D eigenvalue weighted by Gasteiger charge is -2.04. The van der Waals surface area contributed by atoms with Gasteiger partial charge in [-0.05, 0) is 40.2 Å². The highest BCUT2D eigenvalue weighted by Gasteiger charge is 2.16. The average molecular weight is 358 g/mol. The molecule has 0 saturated heterocycles. The molecule has 2 aromatic rings. The van der Waals surface area contributed by atoms with Crippen LogP contribution < -0.4 is 5.32 Å². The van der Waals surface area contributed by atoms with Crippen LogP contribution in [0.2, 0.25) is 5.15 Å². The van der Waals surface area contributed by atoms with E-state index in [0.717, 1.165) is 0 Å². The number of nitro benzene ring substituents is 1. The van der Waals surface area contributed by atoms with Crippen molar-refractivity contribution in [2.45, 2.75) is 0 Å². The fraction of sp³-hybridized carbons (Fsp3) is 0. The Hall–Kier alpha value is -2.06. The molecule has 1 amide bonds. The summed E-state index contributed by atoms with van der Waals surface area (Å²) in [5.74, 6) is -0.331. The maximum atomic E-state index is 11.9. The molecule has 0 fully saturated rings. The lowest BCUT2D eigenvalue weighted by Crippen LogP contribution is -2.13. The van der Waals surface area contributed by atoms with Gasteiger partial charge in [0, 0.05) is 11.6 Å². The number of hydrogen-bond acceptors (Lipinski definition) is 5. The smallest absolute Gasteiger partial charge is 0.284 e. The van der Waals surface area contributed by atoms with Crippen LogP contribution in [-0.4, -0.2) is 21.0 Å². The van der Waals surface area contributed by atoms with Crippen LogP contribution in [0.5, 0.6) is 0 Å². The Morgan fingerprint density at radius 3 is 2.65 bits per heavy atom. The van der Waals surface area contributed by atoms with Crippen LogP contribution in [0.1, 0.15) is 10.4 Å². The van der Waals surface area contributed by atoms with Gasteiger partial charge in [0.1, 0.15) is 0 Å². The van der Waals surface area contributed by atoms with Crippen LogP contribution in [0.25, 0.3) is 0 Å². The first-order valence-electron chi connectivity index (χ1n) is 5.22. The lowest BCUT2D eigenvalue weighted by atomic mass is 10.2. The predicted molar refractivity (Wildman–Crippen MR) is 75.8 cm³/mol. The Kier molecular flexibility index (Phi) is 4.26. The van der Waals surface area contributed by atoms with Gasteiger partial charge in [-0.2, -0.15) is 0 Å². The zero-order valence-corrected chi connectivity index (χ0v) is 12.1. The van der Waals surface area contributed by atoms with E-state index in [1.165, 1.54) is 30.3 Å². The van der Waals surface area contributed by atoms with Crippen molar-refractivity contribution in [2.24, 2.45) is 0 Å². The molecule has 7 nitrogen and oxygen atoms in total. The van der Waals surface area contributed by atoms with Gasteiger partial charge in [0.25, 0.3) is 11.6 Å². The Bertz CT molecular complexity index is 678. The number of nitro groups is 1. The first kappa shape index (κ1) is 14.4. The van der Waals surface area contributed by atoms with Crippen molar-refractivity contribution >= 4 is 44.9 Å². The zero-order chi connectivity index (χ0) is 14.7. The molecule has 1 aromatic heterocycles. The third-order valence-electron chi connectivity index (χ3n) is 2.28. The first-order chi connectivity index (χ1) is 9.47. The molecule has 0 atom stereocenters. The Morgan fingerprint density at radius 1 is 1.30 bits per heavy atom. The first-order valence-corrected chi connectivity index (χ1v) is 6.39. The molecule has 102 valence electrons. The van der Waals surface area contributed by atoms with E-state index >= 15 is 0 Å². The topological polar surface area (TPSA) is 98.0 Å². The molecular formula is C11H6BrClN4O3. The molecule has 0 radical (unpaired) electrons. The second-order valence-corrected chi connectivity index (χ2v) is 4.86. The maximum Gasteiger partial charge on any atom is 0.284 e. The van der Waals surface area contributed by atoms with Crippen LogP contribution in [0.3, 0.4) is 0 Å². The molecule has 20 heavy (non-hydrogen) atoms. The number of nitrogens with zero attached hydrogens (tertiary/aromatic N) is 3. The number of benzene rings is 1. The minimum atomic E-state index is -0.580. The molecule has 1 heterocycles. The summed E-state index contributed by atoms with van der Waals surface area (Å²) >= 11 is 8.62. The fourth-order valence-electron chi connectivity index (χ4n) is 1.36. The summed E-state index contributed by atoms with van der Waals surface area (Å²) in [7, 11) is 0. The normalized spacial score (nSPS) is 10.1. The molecule has 0 aliphatic heterocycles. The Labute approximate surface area is 126 Å². The summed E-state index contributed by atoms with van der Waals surface area (Å²) in [6.07, 6.45) is 0. The number of halogens is 2. The van der Waals surface area contributed by atoms with E-state index in [4.69, 9.17) is 11.6 Å². The summed E-state index contributed by atoms with van der Waals surface area (Å²) in [6.45, 7) is 0. The standard InChI is InChI=1S/C11H6BrClN4O3/c12-7-2-1-6(5-8(7)17(19)20)11(18)14-10-4-3-9(13)15-16-10/h1-5H,(H,14,16,18). The number of hydrogen-bond donors (Lipinski definition) is 1. The Morgan fingerprint density at radius 2 is 2.05 bits per heavy atom. The van der Waals surface area contributed by atoms with E-state index in [2.05, 4.69) is 31.4 Å². The molecule has 9 heteroatoms. The molecular weight excluding hydrogens is 352 g/mol.